The van der Waals surface area contributed by atoms with Gasteiger partial charge in [-0.15, -0.1) is 0 Å². The molecule has 0 fully saturated rings. The van der Waals surface area contributed by atoms with E-state index in [2.05, 4.69) is 5.32 Å². The fourth-order valence-electron chi connectivity index (χ4n) is 1.47. The van der Waals surface area contributed by atoms with E-state index in [-0.39, 0.29) is 11.4 Å². The van der Waals surface area contributed by atoms with E-state index < -0.39 is 11.7 Å². The van der Waals surface area contributed by atoms with Gasteiger partial charge < -0.3 is 15.5 Å². The number of aryl methyl sites for hydroxylation is 1. The van der Waals surface area contributed by atoms with E-state index in [0.717, 1.165) is 0 Å². The lowest BCUT2D eigenvalue weighted by atomic mass is 10.2. The number of carbonyl (C=O) groups is 1. The Balaban J connectivity index is 2.28. The Morgan fingerprint density at radius 3 is 2.76 bits per heavy atom. The molecule has 0 spiro atoms. The Morgan fingerprint density at radius 1 is 1.41 bits per heavy atom. The summed E-state index contributed by atoms with van der Waals surface area (Å²) in [5.74, 6) is -0.551. The molecule has 0 aliphatic carbocycles. The average molecular weight is 234 g/mol. The van der Waals surface area contributed by atoms with Gasteiger partial charge in [0, 0.05) is 0 Å². The van der Waals surface area contributed by atoms with Crippen molar-refractivity contribution in [3.8, 4) is 0 Å². The summed E-state index contributed by atoms with van der Waals surface area (Å²) in [4.78, 5) is 11.8. The van der Waals surface area contributed by atoms with Gasteiger partial charge in [0.2, 0.25) is 0 Å². The maximum Gasteiger partial charge on any atom is 0.259 e. The van der Waals surface area contributed by atoms with Gasteiger partial charge in [0.1, 0.15) is 17.3 Å². The van der Waals surface area contributed by atoms with Crippen molar-refractivity contribution in [2.75, 3.05) is 11.1 Å². The number of nitrogens with one attached hydrogen (secondary N) is 1. The van der Waals surface area contributed by atoms with E-state index in [1.54, 1.807) is 6.92 Å². The van der Waals surface area contributed by atoms with Gasteiger partial charge in [0.25, 0.3) is 5.91 Å². The first kappa shape index (κ1) is 11.2. The molecule has 0 aliphatic heterocycles. The van der Waals surface area contributed by atoms with Crippen molar-refractivity contribution in [3.63, 3.8) is 0 Å². The molecular formula is C12H11FN2O2. The predicted octanol–water partition coefficient (Wildman–Crippen LogP) is 2.56. The smallest absolute Gasteiger partial charge is 0.259 e. The highest BCUT2D eigenvalue weighted by molar-refractivity contribution is 6.06. The molecule has 17 heavy (non-hydrogen) atoms. The van der Waals surface area contributed by atoms with Gasteiger partial charge in [0.05, 0.1) is 17.5 Å². The molecule has 0 aliphatic rings. The van der Waals surface area contributed by atoms with Crippen LogP contribution in [0, 0.1) is 12.7 Å². The largest absolute Gasteiger partial charge is 0.469 e. The Kier molecular flexibility index (Phi) is 2.82. The number of nitrogens with two attached hydrogens (primary N) is 1. The number of furan rings is 1. The first-order valence-electron chi connectivity index (χ1n) is 4.99. The first-order chi connectivity index (χ1) is 8.09. The fraction of sp³-hybridized carbons (Fsp3) is 0.0833. The van der Waals surface area contributed by atoms with Crippen LogP contribution in [0.3, 0.4) is 0 Å². The van der Waals surface area contributed by atoms with Crippen LogP contribution in [-0.2, 0) is 0 Å². The SMILES string of the molecule is Cc1occc1C(=O)Nc1c(N)cccc1F. The molecule has 3 N–H and O–H groups in total. The molecule has 0 saturated heterocycles. The Morgan fingerprint density at radius 2 is 2.18 bits per heavy atom. The van der Waals surface area contributed by atoms with Crippen molar-refractivity contribution in [1.82, 2.24) is 0 Å². The minimum Gasteiger partial charge on any atom is -0.469 e. The van der Waals surface area contributed by atoms with E-state index in [9.17, 15) is 9.18 Å². The summed E-state index contributed by atoms with van der Waals surface area (Å²) in [6, 6.07) is 5.74. The second-order valence-electron chi connectivity index (χ2n) is 3.55. The van der Waals surface area contributed by atoms with Crippen LogP contribution in [0.2, 0.25) is 0 Å². The normalized spacial score (nSPS) is 10.2. The van der Waals surface area contributed by atoms with Crippen LogP contribution in [0.5, 0.6) is 0 Å². The van der Waals surface area contributed by atoms with Crippen molar-refractivity contribution < 1.29 is 13.6 Å². The van der Waals surface area contributed by atoms with Crippen molar-refractivity contribution in [3.05, 3.63) is 47.7 Å². The summed E-state index contributed by atoms with van der Waals surface area (Å²) < 4.78 is 18.4. The third-order valence-corrected chi connectivity index (χ3v) is 2.39. The van der Waals surface area contributed by atoms with Gasteiger partial charge in [-0.2, -0.15) is 0 Å². The molecule has 4 nitrogen and oxygen atoms in total. The zero-order valence-corrected chi connectivity index (χ0v) is 9.16. The molecule has 88 valence electrons. The predicted molar refractivity (Wildman–Crippen MR) is 62.2 cm³/mol. The average Bonchev–Trinajstić information content (AvgIpc) is 2.70. The van der Waals surface area contributed by atoms with Crippen LogP contribution in [0.4, 0.5) is 15.8 Å². The van der Waals surface area contributed by atoms with Crippen molar-refractivity contribution in [2.24, 2.45) is 0 Å². The van der Waals surface area contributed by atoms with E-state index in [0.29, 0.717) is 11.3 Å². The number of rotatable bonds is 2. The van der Waals surface area contributed by atoms with Crippen LogP contribution in [0.1, 0.15) is 16.1 Å². The van der Waals surface area contributed by atoms with E-state index >= 15 is 0 Å². The van der Waals surface area contributed by atoms with Crippen molar-refractivity contribution >= 4 is 17.3 Å². The number of para-hydroxylation sites is 1. The molecule has 0 radical (unpaired) electrons. The highest BCUT2D eigenvalue weighted by atomic mass is 19.1. The fourth-order valence-corrected chi connectivity index (χ4v) is 1.47. The zero-order chi connectivity index (χ0) is 12.4. The maximum atomic E-state index is 13.4. The number of carbonyl (C=O) groups excluding carboxylic acids is 1. The number of amides is 1. The Bertz CT molecular complexity index is 543. The standard InChI is InChI=1S/C12H11FN2O2/c1-7-8(5-6-17-7)12(16)15-11-9(13)3-2-4-10(11)14/h2-6H,14H2,1H3,(H,15,16). The summed E-state index contributed by atoms with van der Waals surface area (Å²) in [7, 11) is 0. The molecule has 5 heteroatoms. The van der Waals surface area contributed by atoms with E-state index in [4.69, 9.17) is 10.2 Å². The minimum atomic E-state index is -0.570. The number of nitrogen functional groups attached to an aromatic ring is 1. The number of hydrogen-bond acceptors (Lipinski definition) is 3. The number of halogens is 1. The molecule has 1 amide bonds. The molecule has 1 heterocycles. The molecule has 0 bridgehead atoms. The lowest BCUT2D eigenvalue weighted by Gasteiger charge is -2.08. The Labute approximate surface area is 97.2 Å². The monoisotopic (exact) mass is 234 g/mol. The first-order valence-corrected chi connectivity index (χ1v) is 4.99. The lowest BCUT2D eigenvalue weighted by molar-refractivity contribution is 0.102. The maximum absolute atomic E-state index is 13.4. The second kappa shape index (κ2) is 4.29. The lowest BCUT2D eigenvalue weighted by Crippen LogP contribution is -2.14. The van der Waals surface area contributed by atoms with Gasteiger partial charge in [-0.3, -0.25) is 4.79 Å². The Hall–Kier alpha value is -2.30. The number of hydrogen-bond donors (Lipinski definition) is 2. The van der Waals surface area contributed by atoms with Crippen LogP contribution < -0.4 is 11.1 Å². The third-order valence-electron chi connectivity index (χ3n) is 2.39. The highest BCUT2D eigenvalue weighted by Gasteiger charge is 2.14. The van der Waals surface area contributed by atoms with Gasteiger partial charge in [0.15, 0.2) is 0 Å². The second-order valence-corrected chi connectivity index (χ2v) is 3.55. The molecule has 0 atom stereocenters. The molecule has 0 saturated carbocycles. The molecule has 2 aromatic rings. The van der Waals surface area contributed by atoms with Crippen LogP contribution in [0.25, 0.3) is 0 Å². The summed E-state index contributed by atoms with van der Waals surface area (Å²) in [6.45, 7) is 1.65. The topological polar surface area (TPSA) is 68.3 Å². The minimum absolute atomic E-state index is 0.0156. The number of anilines is 2. The highest BCUT2D eigenvalue weighted by Crippen LogP contribution is 2.23. The van der Waals surface area contributed by atoms with E-state index in [1.165, 1.54) is 30.5 Å². The summed E-state index contributed by atoms with van der Waals surface area (Å²) >= 11 is 0. The molecule has 1 aromatic carbocycles. The molecule has 1 aromatic heterocycles. The molecule has 0 unspecified atom stereocenters. The van der Waals surface area contributed by atoms with Crippen molar-refractivity contribution in [2.45, 2.75) is 6.92 Å². The molecular weight excluding hydrogens is 223 g/mol. The van der Waals surface area contributed by atoms with Gasteiger partial charge in [-0.25, -0.2) is 4.39 Å². The van der Waals surface area contributed by atoms with Crippen molar-refractivity contribution in [1.29, 1.82) is 0 Å². The van der Waals surface area contributed by atoms with Crippen LogP contribution in [-0.4, -0.2) is 5.91 Å². The van der Waals surface area contributed by atoms with E-state index in [1.807, 2.05) is 0 Å². The summed E-state index contributed by atoms with van der Waals surface area (Å²) in [6.07, 6.45) is 1.40. The third kappa shape index (κ3) is 2.13. The summed E-state index contributed by atoms with van der Waals surface area (Å²) in [5, 5.41) is 2.42. The zero-order valence-electron chi connectivity index (χ0n) is 9.16. The van der Waals surface area contributed by atoms with Gasteiger partial charge in [-0.05, 0) is 25.1 Å². The number of benzene rings is 1. The van der Waals surface area contributed by atoms with Gasteiger partial charge >= 0.3 is 0 Å². The van der Waals surface area contributed by atoms with Crippen LogP contribution >= 0.6 is 0 Å². The van der Waals surface area contributed by atoms with Gasteiger partial charge in [-0.1, -0.05) is 6.07 Å². The van der Waals surface area contributed by atoms with Crippen LogP contribution in [0.15, 0.2) is 34.9 Å². The molecule has 2 rings (SSSR count). The quantitative estimate of drug-likeness (QED) is 0.784. The summed E-state index contributed by atoms with van der Waals surface area (Å²) in [5.41, 5.74) is 6.10.